The molecule has 8 heteroatoms. The maximum Gasteiger partial charge on any atom is 0.311 e. The highest BCUT2D eigenvalue weighted by molar-refractivity contribution is 6.05. The third-order valence-electron chi connectivity index (χ3n) is 1.80. The van der Waals surface area contributed by atoms with Gasteiger partial charge >= 0.3 is 5.97 Å². The molecule has 0 heterocycles. The third kappa shape index (κ3) is 2.24. The fourth-order valence-electron chi connectivity index (χ4n) is 1.08. The summed E-state index contributed by atoms with van der Waals surface area (Å²) in [5.74, 6) is -15.1. The summed E-state index contributed by atoms with van der Waals surface area (Å²) in [5, 5.41) is 8.19. The molecule has 0 aliphatic rings. The van der Waals surface area contributed by atoms with Crippen molar-refractivity contribution in [3.05, 3.63) is 34.6 Å². The molecular weight excluding hydrogens is 251 g/mol. The van der Waals surface area contributed by atoms with Gasteiger partial charge in [-0.25, -0.2) is 22.0 Å². The standard InChI is InChI=1S/C9H3F5O3/c10-5-4(2(15)1-3(16)17)6(11)8(13)9(14)7(5)12/h1H2,(H,16,17). The van der Waals surface area contributed by atoms with Crippen LogP contribution in [0.3, 0.4) is 0 Å². The topological polar surface area (TPSA) is 54.4 Å². The number of carboxylic acids is 1. The molecule has 0 saturated carbocycles. The lowest BCUT2D eigenvalue weighted by Gasteiger charge is -2.05. The number of benzene rings is 1. The van der Waals surface area contributed by atoms with Crippen LogP contribution < -0.4 is 0 Å². The smallest absolute Gasteiger partial charge is 0.311 e. The predicted octanol–water partition coefficient (Wildman–Crippen LogP) is 2.04. The van der Waals surface area contributed by atoms with Crippen LogP contribution in [0.2, 0.25) is 0 Å². The van der Waals surface area contributed by atoms with Gasteiger partial charge in [0, 0.05) is 0 Å². The molecule has 0 atom stereocenters. The van der Waals surface area contributed by atoms with Crippen LogP contribution in [0.5, 0.6) is 0 Å². The lowest BCUT2D eigenvalue weighted by atomic mass is 10.1. The van der Waals surface area contributed by atoms with E-state index in [2.05, 4.69) is 0 Å². The van der Waals surface area contributed by atoms with Gasteiger partial charge in [-0.15, -0.1) is 0 Å². The van der Waals surface area contributed by atoms with Crippen LogP contribution >= 0.6 is 0 Å². The van der Waals surface area contributed by atoms with Crippen LogP contribution in [0.4, 0.5) is 22.0 Å². The van der Waals surface area contributed by atoms with Crippen LogP contribution in [-0.2, 0) is 4.79 Å². The van der Waals surface area contributed by atoms with Crippen molar-refractivity contribution in [1.29, 1.82) is 0 Å². The molecule has 1 N–H and O–H groups in total. The Morgan fingerprint density at radius 2 is 1.18 bits per heavy atom. The molecule has 0 fully saturated rings. The van der Waals surface area contributed by atoms with Gasteiger partial charge in [-0.05, 0) is 0 Å². The van der Waals surface area contributed by atoms with Crippen molar-refractivity contribution in [1.82, 2.24) is 0 Å². The highest BCUT2D eigenvalue weighted by Gasteiger charge is 2.30. The van der Waals surface area contributed by atoms with Crippen LogP contribution in [0.1, 0.15) is 16.8 Å². The molecule has 0 spiro atoms. The Bertz CT molecular complexity index is 483. The average molecular weight is 254 g/mol. The second-order valence-electron chi connectivity index (χ2n) is 2.94. The van der Waals surface area contributed by atoms with Crippen molar-refractivity contribution in [3.63, 3.8) is 0 Å². The first-order chi connectivity index (χ1) is 7.77. The lowest BCUT2D eigenvalue weighted by molar-refractivity contribution is -0.135. The van der Waals surface area contributed by atoms with Crippen LogP contribution in [0, 0.1) is 29.1 Å². The molecule has 92 valence electrons. The zero-order valence-corrected chi connectivity index (χ0v) is 7.86. The third-order valence-corrected chi connectivity index (χ3v) is 1.80. The van der Waals surface area contributed by atoms with Gasteiger partial charge in [-0.1, -0.05) is 0 Å². The van der Waals surface area contributed by atoms with Gasteiger partial charge in [-0.2, -0.15) is 0 Å². The average Bonchev–Trinajstić information content (AvgIpc) is 2.23. The number of ketones is 1. The molecule has 0 bridgehead atoms. The Kier molecular flexibility index (Phi) is 3.45. The highest BCUT2D eigenvalue weighted by atomic mass is 19.2. The molecule has 0 aromatic heterocycles. The van der Waals surface area contributed by atoms with Crippen molar-refractivity contribution in [3.8, 4) is 0 Å². The van der Waals surface area contributed by atoms with E-state index in [0.29, 0.717) is 0 Å². The minimum Gasteiger partial charge on any atom is -0.481 e. The van der Waals surface area contributed by atoms with Crippen molar-refractivity contribution >= 4 is 11.8 Å². The first-order valence-corrected chi connectivity index (χ1v) is 4.03. The number of Topliss-reactive ketones (excluding diaryl/α,β-unsaturated/α-hetero) is 1. The van der Waals surface area contributed by atoms with E-state index in [1.54, 1.807) is 0 Å². The fraction of sp³-hybridized carbons (Fsp3) is 0.111. The molecule has 0 aliphatic carbocycles. The van der Waals surface area contributed by atoms with Crippen molar-refractivity contribution in [2.45, 2.75) is 6.42 Å². The maximum atomic E-state index is 13.0. The number of aliphatic carboxylic acids is 1. The number of rotatable bonds is 3. The van der Waals surface area contributed by atoms with E-state index in [4.69, 9.17) is 5.11 Å². The van der Waals surface area contributed by atoms with Gasteiger partial charge in [0.25, 0.3) is 0 Å². The van der Waals surface area contributed by atoms with Crippen LogP contribution in [0.25, 0.3) is 0 Å². The Morgan fingerprint density at radius 3 is 1.53 bits per heavy atom. The van der Waals surface area contributed by atoms with Gasteiger partial charge < -0.3 is 5.11 Å². The van der Waals surface area contributed by atoms with Crippen LogP contribution in [-0.4, -0.2) is 16.9 Å². The summed E-state index contributed by atoms with van der Waals surface area (Å²) in [6.07, 6.45) is -1.38. The summed E-state index contributed by atoms with van der Waals surface area (Å²) in [4.78, 5) is 21.1. The second-order valence-corrected chi connectivity index (χ2v) is 2.94. The zero-order valence-electron chi connectivity index (χ0n) is 7.86. The van der Waals surface area contributed by atoms with Gasteiger partial charge in [0.15, 0.2) is 29.1 Å². The molecule has 0 amide bonds. The normalized spacial score (nSPS) is 10.4. The quantitative estimate of drug-likeness (QED) is 0.295. The number of carbonyl (C=O) groups is 2. The number of halogens is 5. The molecule has 1 aromatic carbocycles. The van der Waals surface area contributed by atoms with Crippen LogP contribution in [0.15, 0.2) is 0 Å². The monoisotopic (exact) mass is 254 g/mol. The number of hydrogen-bond donors (Lipinski definition) is 1. The Hall–Kier alpha value is -1.99. The summed E-state index contributed by atoms with van der Waals surface area (Å²) >= 11 is 0. The van der Waals surface area contributed by atoms with Gasteiger partial charge in [0.2, 0.25) is 5.82 Å². The summed E-state index contributed by atoms with van der Waals surface area (Å²) < 4.78 is 63.8. The largest absolute Gasteiger partial charge is 0.481 e. The minimum absolute atomic E-state index is 1.38. The predicted molar refractivity (Wildman–Crippen MR) is 42.8 cm³/mol. The summed E-state index contributed by atoms with van der Waals surface area (Å²) in [5.41, 5.74) is -1.75. The van der Waals surface area contributed by atoms with E-state index >= 15 is 0 Å². The minimum atomic E-state index is -2.41. The van der Waals surface area contributed by atoms with E-state index in [9.17, 15) is 31.5 Å². The summed E-state index contributed by atoms with van der Waals surface area (Å²) in [7, 11) is 0. The molecule has 3 nitrogen and oxygen atoms in total. The Balaban J connectivity index is 3.44. The Labute approximate surface area is 90.5 Å². The van der Waals surface area contributed by atoms with Crippen molar-refractivity contribution in [2.75, 3.05) is 0 Å². The maximum absolute atomic E-state index is 13.0. The molecule has 0 aliphatic heterocycles. The van der Waals surface area contributed by atoms with Gasteiger partial charge in [0.1, 0.15) is 6.42 Å². The van der Waals surface area contributed by atoms with E-state index in [0.717, 1.165) is 0 Å². The summed E-state index contributed by atoms with van der Waals surface area (Å²) in [6, 6.07) is 0. The summed E-state index contributed by atoms with van der Waals surface area (Å²) in [6.45, 7) is 0. The van der Waals surface area contributed by atoms with E-state index in [1.807, 2.05) is 0 Å². The van der Waals surface area contributed by atoms with E-state index in [-0.39, 0.29) is 0 Å². The number of carboxylic acid groups (broad SMARTS) is 1. The first-order valence-electron chi connectivity index (χ1n) is 4.03. The van der Waals surface area contributed by atoms with Gasteiger partial charge in [-0.3, -0.25) is 9.59 Å². The first kappa shape index (κ1) is 13.1. The molecule has 1 aromatic rings. The number of carbonyl (C=O) groups excluding carboxylic acids is 1. The van der Waals surface area contributed by atoms with Crippen molar-refractivity contribution in [2.24, 2.45) is 0 Å². The molecular formula is C9H3F5O3. The van der Waals surface area contributed by atoms with E-state index in [1.165, 1.54) is 0 Å². The second kappa shape index (κ2) is 4.48. The molecule has 0 saturated heterocycles. The zero-order chi connectivity index (χ0) is 13.3. The van der Waals surface area contributed by atoms with Gasteiger partial charge in [0.05, 0.1) is 5.56 Å². The molecule has 17 heavy (non-hydrogen) atoms. The Morgan fingerprint density at radius 1 is 0.824 bits per heavy atom. The lowest BCUT2D eigenvalue weighted by Crippen LogP contribution is -2.15. The van der Waals surface area contributed by atoms with Crippen molar-refractivity contribution < 1.29 is 36.6 Å². The molecule has 0 radical (unpaired) electrons. The van der Waals surface area contributed by atoms with E-state index < -0.39 is 52.8 Å². The molecule has 1 rings (SSSR count). The highest BCUT2D eigenvalue weighted by Crippen LogP contribution is 2.23. The number of hydrogen-bond acceptors (Lipinski definition) is 2. The molecule has 0 unspecified atom stereocenters. The SMILES string of the molecule is O=C(O)CC(=O)c1c(F)c(F)c(F)c(F)c1F. The fourth-order valence-corrected chi connectivity index (χ4v) is 1.08.